The number of aliphatic imine (C=N–C) groups is 1. The fraction of sp³-hybridized carbons (Fsp3) is 0.125. The van der Waals surface area contributed by atoms with E-state index in [-0.39, 0.29) is 0 Å². The quantitative estimate of drug-likeness (QED) is 0.780. The molecule has 1 aliphatic heterocycles. The van der Waals surface area contributed by atoms with Crippen molar-refractivity contribution in [3.63, 3.8) is 0 Å². The molecule has 0 aliphatic carbocycles. The Hall–Kier alpha value is -1.33. The van der Waals surface area contributed by atoms with Crippen molar-refractivity contribution >= 4 is 41.8 Å². The maximum Gasteiger partial charge on any atom is 0.417 e. The minimum absolute atomic E-state index is 0.319. The number of hydrogen-bond acceptors (Lipinski definition) is 5. The third-order valence-electron chi connectivity index (χ3n) is 2.33. The Balaban J connectivity index is 2.91. The summed E-state index contributed by atoms with van der Waals surface area (Å²) < 4.78 is 85.8. The van der Waals surface area contributed by atoms with E-state index >= 15 is 0 Å². The average molecular weight is 349 g/mol. The van der Waals surface area contributed by atoms with Crippen LogP contribution in [0.2, 0.25) is 0 Å². The number of alkyl halides is 3. The molecule has 1 aliphatic rings. The monoisotopic (exact) mass is 348 g/mol. The first-order valence-corrected chi connectivity index (χ1v) is 8.47. The maximum atomic E-state index is 12.8. The first-order valence-electron chi connectivity index (χ1n) is 4.68. The molecule has 0 amide bonds. The van der Waals surface area contributed by atoms with Gasteiger partial charge in [0.15, 0.2) is 0 Å². The standard InChI is InChI=1S/C8H4ClF3N2O4S2/c9-19(15,16)6-2-7-5(1-4(6)8(10,11)12)13-3-14-20(7,17)18/h1-3H,(H,13,14). The molecule has 0 unspecified atom stereocenters. The highest BCUT2D eigenvalue weighted by atomic mass is 35.7. The van der Waals surface area contributed by atoms with Gasteiger partial charge in [-0.2, -0.15) is 13.2 Å². The van der Waals surface area contributed by atoms with Gasteiger partial charge in [0.25, 0.3) is 19.1 Å². The van der Waals surface area contributed by atoms with Crippen molar-refractivity contribution in [2.45, 2.75) is 16.0 Å². The number of nitrogens with one attached hydrogen (secondary N) is 1. The Labute approximate surface area is 115 Å². The molecule has 20 heavy (non-hydrogen) atoms. The summed E-state index contributed by atoms with van der Waals surface area (Å²) in [6.07, 6.45) is -4.34. The maximum absolute atomic E-state index is 12.8. The van der Waals surface area contributed by atoms with Gasteiger partial charge >= 0.3 is 6.18 Å². The topological polar surface area (TPSA) is 92.7 Å². The van der Waals surface area contributed by atoms with Gasteiger partial charge in [-0.15, -0.1) is 0 Å². The summed E-state index contributed by atoms with van der Waals surface area (Å²) in [7, 11) is -4.05. The molecule has 0 bridgehead atoms. The van der Waals surface area contributed by atoms with Crippen molar-refractivity contribution < 1.29 is 30.0 Å². The molecule has 1 heterocycles. The molecule has 0 atom stereocenters. The Morgan fingerprint density at radius 3 is 2.35 bits per heavy atom. The zero-order valence-electron chi connectivity index (χ0n) is 9.14. The third kappa shape index (κ3) is 2.60. The number of rotatable bonds is 1. The summed E-state index contributed by atoms with van der Waals surface area (Å²) >= 11 is 0. The van der Waals surface area contributed by atoms with E-state index in [1.165, 1.54) is 0 Å². The highest BCUT2D eigenvalue weighted by Crippen LogP contribution is 2.41. The minimum Gasteiger partial charge on any atom is -0.270 e. The molecule has 0 fully saturated rings. The fourth-order valence-corrected chi connectivity index (χ4v) is 3.65. The van der Waals surface area contributed by atoms with Gasteiger partial charge in [0.1, 0.15) is 11.2 Å². The Bertz CT molecular complexity index is 815. The second-order valence-corrected chi connectivity index (χ2v) is 7.85. The summed E-state index contributed by atoms with van der Waals surface area (Å²) in [5, 5.41) is 0. The van der Waals surface area contributed by atoms with Crippen LogP contribution in [-0.2, 0) is 25.3 Å². The SMILES string of the molecule is O=S(=O)(Cl)c1cc2c(cc1C(F)(F)F)N=CNS2(=O)=O. The van der Waals surface area contributed by atoms with Crippen LogP contribution in [0.15, 0.2) is 26.9 Å². The Morgan fingerprint density at radius 2 is 1.85 bits per heavy atom. The van der Waals surface area contributed by atoms with Gasteiger partial charge in [-0.1, -0.05) is 0 Å². The summed E-state index contributed by atoms with van der Waals surface area (Å²) in [6, 6.07) is 0.652. The van der Waals surface area contributed by atoms with E-state index < -0.39 is 46.3 Å². The minimum atomic E-state index is -5.03. The molecule has 0 saturated carbocycles. The third-order valence-corrected chi connectivity index (χ3v) is 5.01. The zero-order valence-corrected chi connectivity index (χ0v) is 11.5. The summed E-state index contributed by atoms with van der Waals surface area (Å²) in [6.45, 7) is 0. The van der Waals surface area contributed by atoms with Gasteiger partial charge in [-0.3, -0.25) is 4.72 Å². The highest BCUT2D eigenvalue weighted by molar-refractivity contribution is 8.13. The lowest BCUT2D eigenvalue weighted by molar-refractivity contribution is -0.139. The molecule has 0 saturated heterocycles. The number of sulfonamides is 1. The van der Waals surface area contributed by atoms with E-state index in [2.05, 4.69) is 4.99 Å². The number of fused-ring (bicyclic) bond motifs is 1. The van der Waals surface area contributed by atoms with Gasteiger partial charge in [0.05, 0.1) is 16.1 Å². The van der Waals surface area contributed by atoms with Crippen LogP contribution >= 0.6 is 10.7 Å². The molecule has 1 aromatic carbocycles. The van der Waals surface area contributed by atoms with E-state index in [0.29, 0.717) is 18.5 Å². The predicted octanol–water partition coefficient (Wildman–Crippen LogP) is 1.58. The number of nitrogens with zero attached hydrogens (tertiary/aromatic N) is 1. The molecular weight excluding hydrogens is 345 g/mol. The molecule has 6 nitrogen and oxygen atoms in total. The van der Waals surface area contributed by atoms with Crippen LogP contribution in [-0.4, -0.2) is 23.2 Å². The van der Waals surface area contributed by atoms with Gasteiger partial charge in [-0.05, 0) is 12.1 Å². The number of hydrogen-bond donors (Lipinski definition) is 1. The van der Waals surface area contributed by atoms with Crippen molar-refractivity contribution in [1.82, 2.24) is 4.72 Å². The van der Waals surface area contributed by atoms with Crippen LogP contribution in [0.4, 0.5) is 18.9 Å². The molecule has 0 spiro atoms. The number of benzene rings is 1. The van der Waals surface area contributed by atoms with E-state index in [1.54, 1.807) is 0 Å². The highest BCUT2D eigenvalue weighted by Gasteiger charge is 2.39. The summed E-state index contributed by atoms with van der Waals surface area (Å²) in [4.78, 5) is 1.39. The lowest BCUT2D eigenvalue weighted by Gasteiger charge is -2.17. The fourth-order valence-electron chi connectivity index (χ4n) is 1.52. The lowest BCUT2D eigenvalue weighted by atomic mass is 10.2. The van der Waals surface area contributed by atoms with Crippen molar-refractivity contribution in [3.05, 3.63) is 17.7 Å². The first kappa shape index (κ1) is 15.1. The van der Waals surface area contributed by atoms with Crippen LogP contribution < -0.4 is 4.72 Å². The zero-order chi connectivity index (χ0) is 15.3. The lowest BCUT2D eigenvalue weighted by Crippen LogP contribution is -2.25. The molecule has 12 heteroatoms. The van der Waals surface area contributed by atoms with Crippen molar-refractivity contribution in [3.8, 4) is 0 Å². The van der Waals surface area contributed by atoms with Crippen LogP contribution in [0.5, 0.6) is 0 Å². The number of halogens is 4. The normalized spacial score (nSPS) is 17.4. The van der Waals surface area contributed by atoms with Gasteiger partial charge in [-0.25, -0.2) is 21.8 Å². The summed E-state index contributed by atoms with van der Waals surface area (Å²) in [5.74, 6) is 0. The van der Waals surface area contributed by atoms with Crippen molar-refractivity contribution in [1.29, 1.82) is 0 Å². The van der Waals surface area contributed by atoms with E-state index in [4.69, 9.17) is 10.7 Å². The largest absolute Gasteiger partial charge is 0.417 e. The van der Waals surface area contributed by atoms with Crippen molar-refractivity contribution in [2.75, 3.05) is 0 Å². The molecule has 2 rings (SSSR count). The van der Waals surface area contributed by atoms with Gasteiger partial charge in [0.2, 0.25) is 0 Å². The molecule has 1 aromatic rings. The van der Waals surface area contributed by atoms with Gasteiger partial charge < -0.3 is 0 Å². The van der Waals surface area contributed by atoms with Crippen LogP contribution in [0.1, 0.15) is 5.56 Å². The Morgan fingerprint density at radius 1 is 1.25 bits per heavy atom. The average Bonchev–Trinajstić information content (AvgIpc) is 2.24. The second-order valence-electron chi connectivity index (χ2n) is 3.63. The van der Waals surface area contributed by atoms with Crippen LogP contribution in [0, 0.1) is 0 Å². The smallest absolute Gasteiger partial charge is 0.270 e. The first-order chi connectivity index (χ1) is 8.93. The van der Waals surface area contributed by atoms with Crippen LogP contribution in [0.3, 0.4) is 0 Å². The predicted molar refractivity (Wildman–Crippen MR) is 63.0 cm³/mol. The Kier molecular flexibility index (Phi) is 3.26. The molecule has 0 aromatic heterocycles. The molecular formula is C8H4ClF3N2O4S2. The van der Waals surface area contributed by atoms with E-state index in [0.717, 1.165) is 0 Å². The summed E-state index contributed by atoms with van der Waals surface area (Å²) in [5.41, 5.74) is -2.11. The van der Waals surface area contributed by atoms with Crippen molar-refractivity contribution in [2.24, 2.45) is 4.99 Å². The molecule has 110 valence electrons. The van der Waals surface area contributed by atoms with Gasteiger partial charge in [0, 0.05) is 10.7 Å². The van der Waals surface area contributed by atoms with Crippen LogP contribution in [0.25, 0.3) is 0 Å². The van der Waals surface area contributed by atoms with E-state index in [1.807, 2.05) is 4.72 Å². The van der Waals surface area contributed by atoms with E-state index in [9.17, 15) is 30.0 Å². The molecule has 0 radical (unpaired) electrons. The second kappa shape index (κ2) is 4.33. The molecule has 1 N–H and O–H groups in total.